The van der Waals surface area contributed by atoms with Gasteiger partial charge in [0, 0.05) is 31.3 Å². The van der Waals surface area contributed by atoms with Crippen molar-refractivity contribution in [2.75, 3.05) is 26.7 Å². The lowest BCUT2D eigenvalue weighted by Gasteiger charge is -2.30. The van der Waals surface area contributed by atoms with Crippen LogP contribution in [-0.2, 0) is 0 Å². The molecule has 1 unspecified atom stereocenters. The van der Waals surface area contributed by atoms with Crippen LogP contribution in [0.2, 0.25) is 0 Å². The lowest BCUT2D eigenvalue weighted by molar-refractivity contribution is 0.190. The Morgan fingerprint density at radius 2 is 1.96 bits per heavy atom. The number of benzene rings is 1. The Balaban J connectivity index is 0.00000182. The van der Waals surface area contributed by atoms with Gasteiger partial charge in [0.05, 0.1) is 6.04 Å². The topological polar surface area (TPSA) is 80.2 Å². The molecule has 1 aliphatic heterocycles. The first-order valence-electron chi connectivity index (χ1n) is 7.99. The zero-order valence-corrected chi connectivity index (χ0v) is 14.9. The minimum absolute atomic E-state index is 0. The Kier molecular flexibility index (Phi) is 5.17. The second-order valence-electron chi connectivity index (χ2n) is 6.10. The average Bonchev–Trinajstić information content (AvgIpc) is 3.25. The Labute approximate surface area is 151 Å². The standard InChI is InChI=1S/C17H19N5O2.ClH/c1-11-3-5-12(6-4-11)13-9-15(23-20-13)17-19-16(21-24-17)14-10-18-7-8-22(14)2;/h3-6,9,14,18H,7-8,10H2,1-2H3;1H. The maximum absolute atomic E-state index is 5.39. The molecule has 3 heterocycles. The van der Waals surface area contributed by atoms with Crippen molar-refractivity contribution in [3.05, 3.63) is 41.7 Å². The van der Waals surface area contributed by atoms with Crippen LogP contribution in [0.25, 0.3) is 22.9 Å². The molecule has 1 fully saturated rings. The summed E-state index contributed by atoms with van der Waals surface area (Å²) in [6.45, 7) is 4.78. The van der Waals surface area contributed by atoms with Crippen molar-refractivity contribution in [3.63, 3.8) is 0 Å². The lowest BCUT2D eigenvalue weighted by Crippen LogP contribution is -2.44. The number of nitrogens with zero attached hydrogens (tertiary/aromatic N) is 4. The molecule has 0 saturated carbocycles. The molecule has 0 aliphatic carbocycles. The Hall–Kier alpha value is -2.22. The number of aryl methyl sites for hydroxylation is 1. The summed E-state index contributed by atoms with van der Waals surface area (Å²) in [5.74, 6) is 1.50. The van der Waals surface area contributed by atoms with Crippen LogP contribution < -0.4 is 5.32 Å². The van der Waals surface area contributed by atoms with Crippen molar-refractivity contribution >= 4 is 12.4 Å². The Bertz CT molecular complexity index is 830. The molecule has 0 bridgehead atoms. The highest BCUT2D eigenvalue weighted by Crippen LogP contribution is 2.27. The predicted molar refractivity (Wildman–Crippen MR) is 95.5 cm³/mol. The summed E-state index contributed by atoms with van der Waals surface area (Å²) in [5.41, 5.74) is 2.95. The van der Waals surface area contributed by atoms with Gasteiger partial charge in [-0.25, -0.2) is 0 Å². The minimum atomic E-state index is 0. The number of aromatic nitrogens is 3. The van der Waals surface area contributed by atoms with Crippen LogP contribution in [0.3, 0.4) is 0 Å². The molecule has 7 nitrogen and oxygen atoms in total. The van der Waals surface area contributed by atoms with Gasteiger partial charge in [0.15, 0.2) is 5.82 Å². The van der Waals surface area contributed by atoms with Gasteiger partial charge < -0.3 is 14.4 Å². The summed E-state index contributed by atoms with van der Waals surface area (Å²) >= 11 is 0. The van der Waals surface area contributed by atoms with Gasteiger partial charge >= 0.3 is 0 Å². The van der Waals surface area contributed by atoms with Gasteiger partial charge in [-0.1, -0.05) is 40.1 Å². The van der Waals surface area contributed by atoms with Gasteiger partial charge in [0.1, 0.15) is 5.69 Å². The van der Waals surface area contributed by atoms with Gasteiger partial charge in [-0.3, -0.25) is 4.90 Å². The molecule has 2 aromatic heterocycles. The van der Waals surface area contributed by atoms with Crippen LogP contribution in [0.15, 0.2) is 39.4 Å². The van der Waals surface area contributed by atoms with Gasteiger partial charge in [-0.15, -0.1) is 12.4 Å². The minimum Gasteiger partial charge on any atom is -0.350 e. The molecule has 1 atom stereocenters. The summed E-state index contributed by atoms with van der Waals surface area (Å²) in [6.07, 6.45) is 0. The van der Waals surface area contributed by atoms with Crippen molar-refractivity contribution in [2.24, 2.45) is 0 Å². The third-order valence-corrected chi connectivity index (χ3v) is 4.32. The fourth-order valence-electron chi connectivity index (χ4n) is 2.80. The Morgan fingerprint density at radius 3 is 2.72 bits per heavy atom. The largest absolute Gasteiger partial charge is 0.350 e. The first kappa shape index (κ1) is 17.6. The molecule has 1 saturated heterocycles. The quantitative estimate of drug-likeness (QED) is 0.768. The molecular formula is C17H20ClN5O2. The van der Waals surface area contributed by atoms with Crippen molar-refractivity contribution in [1.82, 2.24) is 25.5 Å². The number of likely N-dealkylation sites (N-methyl/N-ethyl adjacent to an activating group) is 1. The van der Waals surface area contributed by atoms with E-state index >= 15 is 0 Å². The van der Waals surface area contributed by atoms with Gasteiger partial charge in [-0.05, 0) is 14.0 Å². The molecule has 0 spiro atoms. The maximum atomic E-state index is 5.39. The summed E-state index contributed by atoms with van der Waals surface area (Å²) in [7, 11) is 2.06. The van der Waals surface area contributed by atoms with Crippen LogP contribution in [-0.4, -0.2) is 46.9 Å². The van der Waals surface area contributed by atoms with Gasteiger partial charge in [-0.2, -0.15) is 4.98 Å². The summed E-state index contributed by atoms with van der Waals surface area (Å²) in [5, 5.41) is 11.6. The van der Waals surface area contributed by atoms with Crippen LogP contribution in [0.5, 0.6) is 0 Å². The molecule has 8 heteroatoms. The summed E-state index contributed by atoms with van der Waals surface area (Å²) < 4.78 is 10.8. The molecule has 3 aromatic rings. The Morgan fingerprint density at radius 1 is 1.16 bits per heavy atom. The van der Waals surface area contributed by atoms with E-state index < -0.39 is 0 Å². The summed E-state index contributed by atoms with van der Waals surface area (Å²) in [6, 6.07) is 10.0. The smallest absolute Gasteiger partial charge is 0.296 e. The van der Waals surface area contributed by atoms with E-state index in [1.807, 2.05) is 30.3 Å². The van der Waals surface area contributed by atoms with Crippen molar-refractivity contribution in [1.29, 1.82) is 0 Å². The second-order valence-corrected chi connectivity index (χ2v) is 6.10. The lowest BCUT2D eigenvalue weighted by atomic mass is 10.1. The molecular weight excluding hydrogens is 342 g/mol. The van der Waals surface area contributed by atoms with Crippen molar-refractivity contribution < 1.29 is 9.05 Å². The highest BCUT2D eigenvalue weighted by atomic mass is 35.5. The number of nitrogens with one attached hydrogen (secondary N) is 1. The van der Waals surface area contributed by atoms with E-state index in [0.29, 0.717) is 17.5 Å². The van der Waals surface area contributed by atoms with E-state index in [9.17, 15) is 0 Å². The maximum Gasteiger partial charge on any atom is 0.296 e. The van der Waals surface area contributed by atoms with Crippen molar-refractivity contribution in [3.8, 4) is 22.9 Å². The van der Waals surface area contributed by atoms with Crippen LogP contribution >= 0.6 is 12.4 Å². The molecule has 1 N–H and O–H groups in total. The molecule has 1 aromatic carbocycles. The molecule has 4 rings (SSSR count). The van der Waals surface area contributed by atoms with Gasteiger partial charge in [0.25, 0.3) is 5.89 Å². The van der Waals surface area contributed by atoms with E-state index in [4.69, 9.17) is 9.05 Å². The van der Waals surface area contributed by atoms with Crippen molar-refractivity contribution in [2.45, 2.75) is 13.0 Å². The first-order valence-corrected chi connectivity index (χ1v) is 7.99. The molecule has 25 heavy (non-hydrogen) atoms. The highest BCUT2D eigenvalue weighted by Gasteiger charge is 2.26. The zero-order valence-electron chi connectivity index (χ0n) is 14.1. The number of hydrogen-bond acceptors (Lipinski definition) is 7. The zero-order chi connectivity index (χ0) is 16.5. The number of hydrogen-bond donors (Lipinski definition) is 1. The van der Waals surface area contributed by atoms with E-state index in [0.717, 1.165) is 30.9 Å². The third kappa shape index (κ3) is 3.58. The van der Waals surface area contributed by atoms with E-state index in [1.165, 1.54) is 5.56 Å². The van der Waals surface area contributed by atoms with Crippen LogP contribution in [0, 0.1) is 6.92 Å². The second kappa shape index (κ2) is 7.35. The molecule has 0 radical (unpaired) electrons. The normalized spacial score (nSPS) is 18.1. The molecule has 1 aliphatic rings. The van der Waals surface area contributed by atoms with Crippen LogP contribution in [0.1, 0.15) is 17.4 Å². The van der Waals surface area contributed by atoms with Crippen LogP contribution in [0.4, 0.5) is 0 Å². The first-order chi connectivity index (χ1) is 11.7. The fourth-order valence-corrected chi connectivity index (χ4v) is 2.80. The monoisotopic (exact) mass is 361 g/mol. The SMILES string of the molecule is Cc1ccc(-c2cc(-c3nc(C4CNCCN4C)no3)on2)cc1.Cl. The number of halogens is 1. The molecule has 132 valence electrons. The number of piperazine rings is 1. The average molecular weight is 362 g/mol. The number of rotatable bonds is 3. The molecule has 0 amide bonds. The third-order valence-electron chi connectivity index (χ3n) is 4.32. The predicted octanol–water partition coefficient (Wildman–Crippen LogP) is 2.70. The van der Waals surface area contributed by atoms with Gasteiger partial charge in [0.2, 0.25) is 5.76 Å². The summed E-state index contributed by atoms with van der Waals surface area (Å²) in [4.78, 5) is 6.69. The van der Waals surface area contributed by atoms with E-state index in [1.54, 1.807) is 0 Å². The van der Waals surface area contributed by atoms with E-state index in [-0.39, 0.29) is 18.4 Å². The highest BCUT2D eigenvalue weighted by molar-refractivity contribution is 5.85. The van der Waals surface area contributed by atoms with E-state index in [2.05, 4.69) is 39.5 Å². The fraction of sp³-hybridized carbons (Fsp3) is 0.353.